The average Bonchev–Trinajstić information content (AvgIpc) is 3.31. The number of nitrogens with one attached hydrogen (secondary N) is 1. The van der Waals surface area contributed by atoms with Gasteiger partial charge in [0.2, 0.25) is 11.7 Å². The molecule has 1 amide bonds. The van der Waals surface area contributed by atoms with E-state index in [0.29, 0.717) is 22.2 Å². The van der Waals surface area contributed by atoms with E-state index in [1.807, 2.05) is 25.3 Å². The number of nitro groups is 1. The van der Waals surface area contributed by atoms with E-state index in [-0.39, 0.29) is 17.5 Å². The van der Waals surface area contributed by atoms with Gasteiger partial charge >= 0.3 is 0 Å². The molecule has 9 heteroatoms. The predicted molar refractivity (Wildman–Crippen MR) is 95.8 cm³/mol. The molecule has 0 saturated heterocycles. The molecule has 8 nitrogen and oxygen atoms in total. The molecule has 0 spiro atoms. The number of hydrogen-bond acceptors (Lipinski definition) is 7. The second kappa shape index (κ2) is 7.44. The van der Waals surface area contributed by atoms with Gasteiger partial charge in [0.05, 0.1) is 9.80 Å². The van der Waals surface area contributed by atoms with Crippen molar-refractivity contribution in [2.75, 3.05) is 0 Å². The summed E-state index contributed by atoms with van der Waals surface area (Å²) in [5, 5.41) is 19.4. The highest BCUT2D eigenvalue weighted by Crippen LogP contribution is 2.25. The number of nitrogens with zero attached hydrogens (tertiary/aromatic N) is 3. The molecule has 2 aromatic heterocycles. The molecule has 0 fully saturated rings. The number of thiophene rings is 1. The Hall–Kier alpha value is -3.07. The quantitative estimate of drug-likeness (QED) is 0.520. The lowest BCUT2D eigenvalue weighted by Crippen LogP contribution is -2.31. The van der Waals surface area contributed by atoms with Crippen LogP contribution in [0.2, 0.25) is 0 Å². The third-order valence-electron chi connectivity index (χ3n) is 3.74. The van der Waals surface area contributed by atoms with E-state index in [1.54, 1.807) is 18.2 Å². The fourth-order valence-electron chi connectivity index (χ4n) is 2.34. The maximum Gasteiger partial charge on any atom is 0.269 e. The molecule has 3 aromatic rings. The van der Waals surface area contributed by atoms with Crippen molar-refractivity contribution >= 4 is 22.9 Å². The van der Waals surface area contributed by atoms with Crippen LogP contribution in [-0.2, 0) is 0 Å². The zero-order chi connectivity index (χ0) is 18.7. The fourth-order valence-corrected chi connectivity index (χ4v) is 2.97. The number of aromatic nitrogens is 2. The van der Waals surface area contributed by atoms with Crippen molar-refractivity contribution in [3.05, 3.63) is 62.7 Å². The second-order valence-corrected chi connectivity index (χ2v) is 6.88. The summed E-state index contributed by atoms with van der Waals surface area (Å²) >= 11 is 1.35. The molecule has 26 heavy (non-hydrogen) atoms. The van der Waals surface area contributed by atoms with Crippen LogP contribution in [0.25, 0.3) is 11.4 Å². The highest BCUT2D eigenvalue weighted by Gasteiger charge is 2.25. The number of nitro benzene ring substituents is 1. The van der Waals surface area contributed by atoms with Gasteiger partial charge in [-0.25, -0.2) is 0 Å². The molecule has 1 atom stereocenters. The number of hydrogen-bond donors (Lipinski definition) is 1. The number of carbonyl (C=O) groups is 1. The lowest BCUT2D eigenvalue weighted by atomic mass is 10.0. The first-order valence-corrected chi connectivity index (χ1v) is 8.76. The summed E-state index contributed by atoms with van der Waals surface area (Å²) in [5.41, 5.74) is 0.582. The Balaban J connectivity index is 1.81. The van der Waals surface area contributed by atoms with Crippen molar-refractivity contribution in [3.8, 4) is 11.4 Å². The van der Waals surface area contributed by atoms with Gasteiger partial charge in [0.1, 0.15) is 6.04 Å². The summed E-state index contributed by atoms with van der Waals surface area (Å²) in [5.74, 6) is 0.432. The summed E-state index contributed by atoms with van der Waals surface area (Å²) in [4.78, 5) is 27.5. The molecule has 0 aliphatic carbocycles. The molecule has 134 valence electrons. The topological polar surface area (TPSA) is 111 Å². The van der Waals surface area contributed by atoms with Gasteiger partial charge in [-0.1, -0.05) is 25.1 Å². The normalized spacial score (nSPS) is 12.1. The van der Waals surface area contributed by atoms with Crippen molar-refractivity contribution in [3.63, 3.8) is 0 Å². The van der Waals surface area contributed by atoms with Crippen molar-refractivity contribution < 1.29 is 14.2 Å². The molecule has 0 radical (unpaired) electrons. The van der Waals surface area contributed by atoms with Crippen molar-refractivity contribution in [2.24, 2.45) is 5.92 Å². The standard InChI is InChI=1S/C17H16N4O4S/c1-10(2)14(18-16(22)13-4-3-9-26-13)17-19-15(20-25-17)11-5-7-12(8-6-11)21(23)24/h3-10,14H,1-2H3,(H,18,22)/t14-/m0/s1. The summed E-state index contributed by atoms with van der Waals surface area (Å²) in [7, 11) is 0. The van der Waals surface area contributed by atoms with E-state index >= 15 is 0 Å². The van der Waals surface area contributed by atoms with Crippen molar-refractivity contribution in [1.29, 1.82) is 0 Å². The number of benzene rings is 1. The lowest BCUT2D eigenvalue weighted by molar-refractivity contribution is -0.384. The molecule has 0 unspecified atom stereocenters. The van der Waals surface area contributed by atoms with Gasteiger partial charge in [0.15, 0.2) is 0 Å². The van der Waals surface area contributed by atoms with Crippen LogP contribution in [0, 0.1) is 16.0 Å². The summed E-state index contributed by atoms with van der Waals surface area (Å²) < 4.78 is 5.33. The van der Waals surface area contributed by atoms with E-state index in [0.717, 1.165) is 0 Å². The first-order chi connectivity index (χ1) is 12.5. The minimum absolute atomic E-state index is 0.0132. The molecular weight excluding hydrogens is 356 g/mol. The van der Waals surface area contributed by atoms with Gasteiger partial charge in [-0.05, 0) is 29.5 Å². The Bertz CT molecular complexity index is 903. The van der Waals surface area contributed by atoms with Crippen LogP contribution < -0.4 is 5.32 Å². The molecule has 0 bridgehead atoms. The number of carbonyl (C=O) groups excluding carboxylic acids is 1. The molecular formula is C17H16N4O4S. The molecule has 2 heterocycles. The van der Waals surface area contributed by atoms with Crippen molar-refractivity contribution in [2.45, 2.75) is 19.9 Å². The van der Waals surface area contributed by atoms with Gasteiger partial charge < -0.3 is 9.84 Å². The van der Waals surface area contributed by atoms with E-state index in [9.17, 15) is 14.9 Å². The Labute approximate surface area is 153 Å². The molecule has 3 rings (SSSR count). The van der Waals surface area contributed by atoms with Gasteiger partial charge in [0.25, 0.3) is 11.6 Å². The Morgan fingerprint density at radius 1 is 1.27 bits per heavy atom. The molecule has 1 aromatic carbocycles. The maximum atomic E-state index is 12.3. The minimum Gasteiger partial charge on any atom is -0.339 e. The Morgan fingerprint density at radius 3 is 2.58 bits per heavy atom. The van der Waals surface area contributed by atoms with Crippen LogP contribution in [0.5, 0.6) is 0 Å². The highest BCUT2D eigenvalue weighted by molar-refractivity contribution is 7.12. The molecule has 0 aliphatic heterocycles. The van der Waals surface area contributed by atoms with Crippen LogP contribution >= 0.6 is 11.3 Å². The SMILES string of the molecule is CC(C)[C@H](NC(=O)c1cccs1)c1nc(-c2ccc([N+](=O)[O-])cc2)no1. The third-order valence-corrected chi connectivity index (χ3v) is 4.61. The van der Waals surface area contributed by atoms with Crippen molar-refractivity contribution in [1.82, 2.24) is 15.5 Å². The van der Waals surface area contributed by atoms with E-state index in [4.69, 9.17) is 4.52 Å². The maximum absolute atomic E-state index is 12.3. The largest absolute Gasteiger partial charge is 0.339 e. The van der Waals surface area contributed by atoms with Gasteiger partial charge in [-0.2, -0.15) is 4.98 Å². The van der Waals surface area contributed by atoms with Gasteiger partial charge in [0, 0.05) is 17.7 Å². The zero-order valence-corrected chi connectivity index (χ0v) is 14.9. The van der Waals surface area contributed by atoms with E-state index < -0.39 is 11.0 Å². The summed E-state index contributed by atoms with van der Waals surface area (Å²) in [6, 6.07) is 8.98. The number of amides is 1. The summed E-state index contributed by atoms with van der Waals surface area (Å²) in [6.45, 7) is 3.88. The highest BCUT2D eigenvalue weighted by atomic mass is 32.1. The zero-order valence-electron chi connectivity index (χ0n) is 14.1. The first-order valence-electron chi connectivity index (χ1n) is 7.88. The molecule has 0 aliphatic rings. The van der Waals surface area contributed by atoms with Crippen LogP contribution in [-0.4, -0.2) is 21.0 Å². The minimum atomic E-state index is -0.472. The Morgan fingerprint density at radius 2 is 2.00 bits per heavy atom. The predicted octanol–water partition coefficient (Wildman–Crippen LogP) is 3.83. The fraction of sp³-hybridized carbons (Fsp3) is 0.235. The molecule has 1 N–H and O–H groups in total. The molecule has 0 saturated carbocycles. The smallest absolute Gasteiger partial charge is 0.269 e. The monoisotopic (exact) mass is 372 g/mol. The Kier molecular flexibility index (Phi) is 5.08. The van der Waals surface area contributed by atoms with Crippen LogP contribution in [0.15, 0.2) is 46.3 Å². The van der Waals surface area contributed by atoms with Gasteiger partial charge in [-0.3, -0.25) is 14.9 Å². The first kappa shape index (κ1) is 17.7. The van der Waals surface area contributed by atoms with Crippen LogP contribution in [0.3, 0.4) is 0 Å². The number of rotatable bonds is 6. The van der Waals surface area contributed by atoms with E-state index in [2.05, 4.69) is 15.5 Å². The number of non-ortho nitro benzene ring substituents is 1. The van der Waals surface area contributed by atoms with Crippen LogP contribution in [0.4, 0.5) is 5.69 Å². The second-order valence-electron chi connectivity index (χ2n) is 5.93. The lowest BCUT2D eigenvalue weighted by Gasteiger charge is -2.17. The van der Waals surface area contributed by atoms with Crippen LogP contribution in [0.1, 0.15) is 35.5 Å². The summed E-state index contributed by atoms with van der Waals surface area (Å²) in [6.07, 6.45) is 0. The average molecular weight is 372 g/mol. The third kappa shape index (κ3) is 3.77. The van der Waals surface area contributed by atoms with Gasteiger partial charge in [-0.15, -0.1) is 11.3 Å². The van der Waals surface area contributed by atoms with E-state index in [1.165, 1.54) is 23.5 Å².